The molecule has 0 aliphatic rings. The highest BCUT2D eigenvalue weighted by atomic mass is 19.2. The topological polar surface area (TPSA) is 21.3 Å². The normalized spacial score (nSPS) is 13.0. The Bertz CT molecular complexity index is 387. The smallest absolute Gasteiger partial charge is 0.194 e. The molecule has 1 N–H and O–H groups in total. The van der Waals surface area contributed by atoms with Crippen LogP contribution in [0.4, 0.5) is 13.2 Å². The fraction of sp³-hybridized carbons (Fsp3) is 0.571. The molecule has 1 unspecified atom stereocenters. The number of halogens is 3. The van der Waals surface area contributed by atoms with Crippen molar-refractivity contribution in [1.82, 2.24) is 5.32 Å². The van der Waals surface area contributed by atoms with Crippen LogP contribution in [0.15, 0.2) is 12.1 Å². The molecule has 1 atom stereocenters. The van der Waals surface area contributed by atoms with Gasteiger partial charge in [0, 0.05) is 19.2 Å². The second kappa shape index (κ2) is 7.50. The van der Waals surface area contributed by atoms with E-state index in [9.17, 15) is 13.2 Å². The van der Waals surface area contributed by atoms with E-state index in [1.807, 2.05) is 20.8 Å². The molecule has 5 heteroatoms. The van der Waals surface area contributed by atoms with Gasteiger partial charge in [-0.2, -0.15) is 0 Å². The molecule has 0 fully saturated rings. The molecule has 0 spiro atoms. The number of hydrogen-bond donors (Lipinski definition) is 1. The largest absolute Gasteiger partial charge is 0.380 e. The summed E-state index contributed by atoms with van der Waals surface area (Å²) in [5.74, 6) is -3.44. The van der Waals surface area contributed by atoms with Crippen LogP contribution in [-0.4, -0.2) is 19.3 Å². The Balaban J connectivity index is 2.63. The first kappa shape index (κ1) is 16.0. The average Bonchev–Trinajstić information content (AvgIpc) is 2.35. The second-order valence-electron chi connectivity index (χ2n) is 4.76. The van der Waals surface area contributed by atoms with E-state index >= 15 is 0 Å². The molecule has 0 saturated heterocycles. The number of nitrogens with one attached hydrogen (secondary N) is 1. The van der Waals surface area contributed by atoms with Gasteiger partial charge in [0.1, 0.15) is 0 Å². The zero-order valence-corrected chi connectivity index (χ0v) is 11.5. The maximum atomic E-state index is 13.1. The standard InChI is InChI=1S/C14H20F3NO/c1-4-19-8-13(9(2)3)18-7-10-5-11(15)14(17)12(16)6-10/h5-6,9,13,18H,4,7-8H2,1-3H3. The van der Waals surface area contributed by atoms with E-state index in [2.05, 4.69) is 5.32 Å². The lowest BCUT2D eigenvalue weighted by atomic mass is 10.0. The van der Waals surface area contributed by atoms with Crippen LogP contribution in [0.5, 0.6) is 0 Å². The van der Waals surface area contributed by atoms with E-state index in [0.717, 1.165) is 12.1 Å². The van der Waals surface area contributed by atoms with E-state index in [1.165, 1.54) is 0 Å². The van der Waals surface area contributed by atoms with Crippen molar-refractivity contribution in [2.24, 2.45) is 5.92 Å². The molecule has 0 heterocycles. The lowest BCUT2D eigenvalue weighted by Crippen LogP contribution is -2.37. The van der Waals surface area contributed by atoms with Crippen molar-refractivity contribution in [1.29, 1.82) is 0 Å². The van der Waals surface area contributed by atoms with Crippen LogP contribution in [0.2, 0.25) is 0 Å². The van der Waals surface area contributed by atoms with Crippen LogP contribution in [0.3, 0.4) is 0 Å². The second-order valence-corrected chi connectivity index (χ2v) is 4.76. The molecule has 0 aliphatic carbocycles. The van der Waals surface area contributed by atoms with Crippen molar-refractivity contribution < 1.29 is 17.9 Å². The molecule has 1 aromatic carbocycles. The molecule has 1 aromatic rings. The lowest BCUT2D eigenvalue weighted by Gasteiger charge is -2.22. The quantitative estimate of drug-likeness (QED) is 0.771. The van der Waals surface area contributed by atoms with E-state index in [4.69, 9.17) is 4.74 Å². The molecule has 1 rings (SSSR count). The average molecular weight is 275 g/mol. The molecular weight excluding hydrogens is 255 g/mol. The summed E-state index contributed by atoms with van der Waals surface area (Å²) in [4.78, 5) is 0. The van der Waals surface area contributed by atoms with Crippen LogP contribution >= 0.6 is 0 Å². The predicted molar refractivity (Wildman–Crippen MR) is 68.3 cm³/mol. The number of ether oxygens (including phenoxy) is 1. The Morgan fingerprint density at radius 3 is 2.21 bits per heavy atom. The molecule has 0 saturated carbocycles. The van der Waals surface area contributed by atoms with E-state index in [0.29, 0.717) is 24.7 Å². The molecule has 0 aromatic heterocycles. The summed E-state index contributed by atoms with van der Waals surface area (Å²) in [7, 11) is 0. The molecule has 0 aliphatic heterocycles. The van der Waals surface area contributed by atoms with Crippen LogP contribution in [0.1, 0.15) is 26.3 Å². The van der Waals surface area contributed by atoms with Gasteiger partial charge in [0.25, 0.3) is 0 Å². The highest BCUT2D eigenvalue weighted by Gasteiger charge is 2.14. The summed E-state index contributed by atoms with van der Waals surface area (Å²) in [6.07, 6.45) is 0. The summed E-state index contributed by atoms with van der Waals surface area (Å²) < 4.78 is 44.3. The van der Waals surface area contributed by atoms with Crippen LogP contribution in [-0.2, 0) is 11.3 Å². The molecule has 0 radical (unpaired) electrons. The number of hydrogen-bond acceptors (Lipinski definition) is 2. The SMILES string of the molecule is CCOCC(NCc1cc(F)c(F)c(F)c1)C(C)C. The predicted octanol–water partition coefficient (Wildman–Crippen LogP) is 3.25. The van der Waals surface area contributed by atoms with Crippen molar-refractivity contribution in [3.63, 3.8) is 0 Å². The van der Waals surface area contributed by atoms with Gasteiger partial charge in [-0.05, 0) is 30.5 Å². The number of rotatable bonds is 7. The summed E-state index contributed by atoms with van der Waals surface area (Å²) in [5, 5.41) is 3.16. The van der Waals surface area contributed by atoms with Crippen LogP contribution in [0, 0.1) is 23.4 Å². The summed E-state index contributed by atoms with van der Waals surface area (Å²) in [5.41, 5.74) is 0.374. The first-order valence-corrected chi connectivity index (χ1v) is 6.40. The molecule has 0 bridgehead atoms. The van der Waals surface area contributed by atoms with Crippen molar-refractivity contribution in [3.8, 4) is 0 Å². The van der Waals surface area contributed by atoms with E-state index in [1.54, 1.807) is 0 Å². The maximum absolute atomic E-state index is 13.1. The third-order valence-electron chi connectivity index (χ3n) is 2.92. The van der Waals surface area contributed by atoms with Crippen LogP contribution in [0.25, 0.3) is 0 Å². The lowest BCUT2D eigenvalue weighted by molar-refractivity contribution is 0.108. The van der Waals surface area contributed by atoms with Crippen molar-refractivity contribution in [2.75, 3.05) is 13.2 Å². The van der Waals surface area contributed by atoms with Gasteiger partial charge in [0.15, 0.2) is 17.5 Å². The minimum absolute atomic E-state index is 0.0797. The first-order chi connectivity index (χ1) is 8.95. The molecule has 108 valence electrons. The Kier molecular flexibility index (Phi) is 6.31. The molecule has 0 amide bonds. The van der Waals surface area contributed by atoms with Gasteiger partial charge in [0.05, 0.1) is 6.61 Å². The third-order valence-corrected chi connectivity index (χ3v) is 2.92. The summed E-state index contributed by atoms with van der Waals surface area (Å²) in [6.45, 7) is 7.38. The zero-order chi connectivity index (χ0) is 14.4. The third kappa shape index (κ3) is 4.84. The fourth-order valence-corrected chi connectivity index (χ4v) is 1.69. The van der Waals surface area contributed by atoms with E-state index < -0.39 is 17.5 Å². The molecular formula is C14H20F3NO. The van der Waals surface area contributed by atoms with Gasteiger partial charge in [-0.25, -0.2) is 13.2 Å². The maximum Gasteiger partial charge on any atom is 0.194 e. The minimum Gasteiger partial charge on any atom is -0.380 e. The zero-order valence-electron chi connectivity index (χ0n) is 11.5. The van der Waals surface area contributed by atoms with Gasteiger partial charge < -0.3 is 10.1 Å². The highest BCUT2D eigenvalue weighted by molar-refractivity contribution is 5.19. The minimum atomic E-state index is -1.43. The summed E-state index contributed by atoms with van der Waals surface area (Å²) >= 11 is 0. The van der Waals surface area contributed by atoms with Crippen molar-refractivity contribution >= 4 is 0 Å². The van der Waals surface area contributed by atoms with Gasteiger partial charge in [-0.3, -0.25) is 0 Å². The Labute approximate surface area is 112 Å². The Hall–Kier alpha value is -1.07. The summed E-state index contributed by atoms with van der Waals surface area (Å²) in [6, 6.07) is 2.09. The van der Waals surface area contributed by atoms with Gasteiger partial charge in [-0.1, -0.05) is 13.8 Å². The first-order valence-electron chi connectivity index (χ1n) is 6.40. The van der Waals surface area contributed by atoms with Gasteiger partial charge in [0.2, 0.25) is 0 Å². The van der Waals surface area contributed by atoms with Crippen molar-refractivity contribution in [3.05, 3.63) is 35.1 Å². The van der Waals surface area contributed by atoms with E-state index in [-0.39, 0.29) is 12.6 Å². The highest BCUT2D eigenvalue weighted by Crippen LogP contribution is 2.14. The molecule has 19 heavy (non-hydrogen) atoms. The van der Waals surface area contributed by atoms with Crippen LogP contribution < -0.4 is 5.32 Å². The number of benzene rings is 1. The monoisotopic (exact) mass is 275 g/mol. The fourth-order valence-electron chi connectivity index (χ4n) is 1.69. The Morgan fingerprint density at radius 2 is 1.74 bits per heavy atom. The van der Waals surface area contributed by atoms with Crippen molar-refractivity contribution in [2.45, 2.75) is 33.4 Å². The molecule has 2 nitrogen and oxygen atoms in total. The van der Waals surface area contributed by atoms with Gasteiger partial charge in [-0.15, -0.1) is 0 Å². The van der Waals surface area contributed by atoms with Gasteiger partial charge >= 0.3 is 0 Å². The Morgan fingerprint density at radius 1 is 1.16 bits per heavy atom.